The molecule has 0 aromatic carbocycles. The molecule has 1 aliphatic rings. The number of hydrogen-bond donors (Lipinski definition) is 2. The lowest BCUT2D eigenvalue weighted by Crippen LogP contribution is -2.12. The molecular formula is C9H15N3S. The Morgan fingerprint density at radius 2 is 2.38 bits per heavy atom. The number of nitrogens with two attached hydrogens (primary N) is 1. The molecule has 3 nitrogen and oxygen atoms in total. The molecule has 0 radical (unpaired) electrons. The molecule has 1 saturated carbocycles. The summed E-state index contributed by atoms with van der Waals surface area (Å²) in [6, 6.07) is 0. The van der Waals surface area contributed by atoms with E-state index in [0.29, 0.717) is 6.54 Å². The smallest absolute Gasteiger partial charge is 0.183 e. The lowest BCUT2D eigenvalue weighted by Gasteiger charge is -1.96. The van der Waals surface area contributed by atoms with Crippen molar-refractivity contribution in [3.8, 4) is 0 Å². The van der Waals surface area contributed by atoms with Gasteiger partial charge in [-0.05, 0) is 19.8 Å². The Hall–Kier alpha value is -0.610. The van der Waals surface area contributed by atoms with Crippen molar-refractivity contribution in [2.24, 2.45) is 5.73 Å². The maximum Gasteiger partial charge on any atom is 0.183 e. The fourth-order valence-electron chi connectivity index (χ4n) is 1.40. The van der Waals surface area contributed by atoms with E-state index in [1.165, 1.54) is 23.4 Å². The summed E-state index contributed by atoms with van der Waals surface area (Å²) in [5.74, 6) is 0.754. The van der Waals surface area contributed by atoms with Gasteiger partial charge in [-0.25, -0.2) is 4.98 Å². The van der Waals surface area contributed by atoms with Crippen molar-refractivity contribution >= 4 is 16.5 Å². The van der Waals surface area contributed by atoms with Crippen LogP contribution in [0, 0.1) is 6.92 Å². The second-order valence-electron chi connectivity index (χ2n) is 3.45. The first kappa shape index (κ1) is 8.97. The third-order valence-corrected chi connectivity index (χ3v) is 3.16. The molecular weight excluding hydrogens is 182 g/mol. The van der Waals surface area contributed by atoms with Gasteiger partial charge in [0.15, 0.2) is 5.13 Å². The molecule has 0 atom stereocenters. The number of nitrogens with zero attached hydrogens (tertiary/aromatic N) is 1. The molecule has 0 spiro atoms. The zero-order valence-corrected chi connectivity index (χ0v) is 8.66. The molecule has 72 valence electrons. The number of hydrogen-bond acceptors (Lipinski definition) is 4. The second-order valence-corrected chi connectivity index (χ2v) is 4.65. The largest absolute Gasteiger partial charge is 0.360 e. The summed E-state index contributed by atoms with van der Waals surface area (Å²) >= 11 is 1.74. The Labute approximate surface area is 82.4 Å². The van der Waals surface area contributed by atoms with E-state index in [1.54, 1.807) is 11.3 Å². The number of nitrogens with one attached hydrogen (secondary N) is 1. The van der Waals surface area contributed by atoms with E-state index in [4.69, 9.17) is 5.73 Å². The highest BCUT2D eigenvalue weighted by Gasteiger charge is 2.28. The minimum absolute atomic E-state index is 0.664. The molecule has 0 unspecified atom stereocenters. The van der Waals surface area contributed by atoms with Crippen LogP contribution in [0.2, 0.25) is 0 Å². The average molecular weight is 197 g/mol. The molecule has 4 heteroatoms. The van der Waals surface area contributed by atoms with Gasteiger partial charge in [-0.15, -0.1) is 11.3 Å². The van der Waals surface area contributed by atoms with Gasteiger partial charge >= 0.3 is 0 Å². The first-order valence-electron chi connectivity index (χ1n) is 4.72. The standard InChI is InChI=1S/C9H15N3S/c1-6-8(7-2-3-7)12-9(13-6)11-5-4-10/h7H,2-5,10H2,1H3,(H,11,12). The topological polar surface area (TPSA) is 50.9 Å². The highest BCUT2D eigenvalue weighted by Crippen LogP contribution is 2.43. The monoisotopic (exact) mass is 197 g/mol. The highest BCUT2D eigenvalue weighted by atomic mass is 32.1. The summed E-state index contributed by atoms with van der Waals surface area (Å²) in [6.07, 6.45) is 2.64. The van der Waals surface area contributed by atoms with Crippen LogP contribution in [0.4, 0.5) is 5.13 Å². The molecule has 1 aromatic rings. The van der Waals surface area contributed by atoms with Crippen LogP contribution in [0.3, 0.4) is 0 Å². The predicted molar refractivity (Wildman–Crippen MR) is 56.4 cm³/mol. The number of thiazole rings is 1. The van der Waals surface area contributed by atoms with Crippen molar-refractivity contribution < 1.29 is 0 Å². The van der Waals surface area contributed by atoms with Gasteiger partial charge in [0.1, 0.15) is 0 Å². The van der Waals surface area contributed by atoms with Gasteiger partial charge in [-0.1, -0.05) is 0 Å². The molecule has 1 heterocycles. The van der Waals surface area contributed by atoms with Crippen molar-refractivity contribution in [1.82, 2.24) is 4.98 Å². The molecule has 0 saturated heterocycles. The van der Waals surface area contributed by atoms with Crippen LogP contribution in [-0.2, 0) is 0 Å². The van der Waals surface area contributed by atoms with Crippen LogP contribution in [0.5, 0.6) is 0 Å². The van der Waals surface area contributed by atoms with E-state index in [2.05, 4.69) is 17.2 Å². The first-order valence-corrected chi connectivity index (χ1v) is 5.54. The van der Waals surface area contributed by atoms with Crippen molar-refractivity contribution in [2.75, 3.05) is 18.4 Å². The molecule has 1 fully saturated rings. The van der Waals surface area contributed by atoms with Gasteiger partial charge in [0.05, 0.1) is 5.69 Å². The summed E-state index contributed by atoms with van der Waals surface area (Å²) in [5, 5.41) is 4.25. The van der Waals surface area contributed by atoms with Crippen molar-refractivity contribution in [3.63, 3.8) is 0 Å². The van der Waals surface area contributed by atoms with E-state index in [0.717, 1.165) is 17.6 Å². The quantitative estimate of drug-likeness (QED) is 0.772. The number of anilines is 1. The maximum atomic E-state index is 5.41. The number of aryl methyl sites for hydroxylation is 1. The molecule has 1 aromatic heterocycles. The van der Waals surface area contributed by atoms with E-state index >= 15 is 0 Å². The minimum Gasteiger partial charge on any atom is -0.360 e. The summed E-state index contributed by atoms with van der Waals surface area (Å²) in [7, 11) is 0. The van der Waals surface area contributed by atoms with E-state index in [-0.39, 0.29) is 0 Å². The normalized spacial score (nSPS) is 16.2. The SMILES string of the molecule is Cc1sc(NCCN)nc1C1CC1. The number of rotatable bonds is 4. The third-order valence-electron chi connectivity index (χ3n) is 2.22. The minimum atomic E-state index is 0.664. The van der Waals surface area contributed by atoms with Crippen molar-refractivity contribution in [3.05, 3.63) is 10.6 Å². The fourth-order valence-corrected chi connectivity index (χ4v) is 2.32. The number of aromatic nitrogens is 1. The lowest BCUT2D eigenvalue weighted by molar-refractivity contribution is 0.996. The maximum absolute atomic E-state index is 5.41. The van der Waals surface area contributed by atoms with Gasteiger partial charge < -0.3 is 11.1 Å². The van der Waals surface area contributed by atoms with Gasteiger partial charge in [0.2, 0.25) is 0 Å². The molecule has 3 N–H and O–H groups in total. The zero-order valence-electron chi connectivity index (χ0n) is 7.84. The summed E-state index contributed by atoms with van der Waals surface area (Å²) < 4.78 is 0. The zero-order chi connectivity index (χ0) is 9.26. The van der Waals surface area contributed by atoms with Gasteiger partial charge in [-0.2, -0.15) is 0 Å². The predicted octanol–water partition coefficient (Wildman–Crippen LogP) is 1.70. The third kappa shape index (κ3) is 2.00. The van der Waals surface area contributed by atoms with E-state index in [1.807, 2.05) is 0 Å². The highest BCUT2D eigenvalue weighted by molar-refractivity contribution is 7.15. The molecule has 2 rings (SSSR count). The Morgan fingerprint density at radius 1 is 1.62 bits per heavy atom. The molecule has 13 heavy (non-hydrogen) atoms. The van der Waals surface area contributed by atoms with Crippen LogP contribution in [0.15, 0.2) is 0 Å². The fraction of sp³-hybridized carbons (Fsp3) is 0.667. The Kier molecular flexibility index (Phi) is 2.51. The van der Waals surface area contributed by atoms with Gasteiger partial charge in [0, 0.05) is 23.9 Å². The van der Waals surface area contributed by atoms with Crippen molar-refractivity contribution in [1.29, 1.82) is 0 Å². The van der Waals surface area contributed by atoms with E-state index < -0.39 is 0 Å². The average Bonchev–Trinajstić information content (AvgIpc) is 2.88. The van der Waals surface area contributed by atoms with Crippen LogP contribution >= 0.6 is 11.3 Å². The Balaban J connectivity index is 2.05. The van der Waals surface area contributed by atoms with Crippen LogP contribution in [-0.4, -0.2) is 18.1 Å². The van der Waals surface area contributed by atoms with Crippen LogP contribution < -0.4 is 11.1 Å². The summed E-state index contributed by atoms with van der Waals surface area (Å²) in [6.45, 7) is 3.63. The van der Waals surface area contributed by atoms with Gasteiger partial charge in [-0.3, -0.25) is 0 Å². The molecule has 0 aliphatic heterocycles. The van der Waals surface area contributed by atoms with Crippen LogP contribution in [0.1, 0.15) is 29.3 Å². The first-order chi connectivity index (χ1) is 6.31. The molecule has 1 aliphatic carbocycles. The summed E-state index contributed by atoms with van der Waals surface area (Å²) in [5.41, 5.74) is 6.72. The van der Waals surface area contributed by atoms with E-state index in [9.17, 15) is 0 Å². The lowest BCUT2D eigenvalue weighted by atomic mass is 10.3. The van der Waals surface area contributed by atoms with Gasteiger partial charge in [0.25, 0.3) is 0 Å². The second kappa shape index (κ2) is 3.64. The Bertz CT molecular complexity index is 291. The molecule has 0 bridgehead atoms. The van der Waals surface area contributed by atoms with Crippen LogP contribution in [0.25, 0.3) is 0 Å². The van der Waals surface area contributed by atoms with Crippen molar-refractivity contribution in [2.45, 2.75) is 25.7 Å². The summed E-state index contributed by atoms with van der Waals surface area (Å²) in [4.78, 5) is 5.92. The molecule has 0 amide bonds. The Morgan fingerprint density at radius 3 is 3.00 bits per heavy atom.